The summed E-state index contributed by atoms with van der Waals surface area (Å²) < 4.78 is 0. The standard InChI is InChI=1S/C20H25N5O/c1-15-3-2-7-21-18(15)14-25-9-5-20(6-10-25)11-17(12-20)24-19(26)16-4-8-22-23-13-16/h2-4,7-8,13,17H,5-6,9-12,14H2,1H3,(H,24,26). The second-order valence-electron chi connectivity index (χ2n) is 7.75. The minimum atomic E-state index is -0.0391. The largest absolute Gasteiger partial charge is 0.349 e. The van der Waals surface area contributed by atoms with Gasteiger partial charge in [0.15, 0.2) is 0 Å². The zero-order valence-electron chi connectivity index (χ0n) is 15.2. The number of amides is 1. The molecular weight excluding hydrogens is 326 g/mol. The van der Waals surface area contributed by atoms with Crippen LogP contribution in [0.3, 0.4) is 0 Å². The van der Waals surface area contributed by atoms with Gasteiger partial charge in [-0.25, -0.2) is 0 Å². The Morgan fingerprint density at radius 1 is 1.23 bits per heavy atom. The molecule has 1 aliphatic heterocycles. The van der Waals surface area contributed by atoms with Crippen LogP contribution in [0.25, 0.3) is 0 Å². The predicted molar refractivity (Wildman–Crippen MR) is 98.4 cm³/mol. The molecule has 6 heteroatoms. The summed E-state index contributed by atoms with van der Waals surface area (Å²) in [6, 6.07) is 6.12. The van der Waals surface area contributed by atoms with Crippen molar-refractivity contribution in [3.63, 3.8) is 0 Å². The highest BCUT2D eigenvalue weighted by atomic mass is 16.1. The van der Waals surface area contributed by atoms with Gasteiger partial charge in [0.2, 0.25) is 0 Å². The van der Waals surface area contributed by atoms with Gasteiger partial charge in [0.1, 0.15) is 0 Å². The van der Waals surface area contributed by atoms with Crippen LogP contribution in [0.5, 0.6) is 0 Å². The highest BCUT2D eigenvalue weighted by molar-refractivity contribution is 5.94. The van der Waals surface area contributed by atoms with Gasteiger partial charge in [0.05, 0.1) is 23.7 Å². The lowest BCUT2D eigenvalue weighted by atomic mass is 9.60. The summed E-state index contributed by atoms with van der Waals surface area (Å²) in [6.07, 6.45) is 9.55. The first kappa shape index (κ1) is 17.1. The smallest absolute Gasteiger partial charge is 0.253 e. The van der Waals surface area contributed by atoms with E-state index in [0.717, 1.165) is 32.5 Å². The van der Waals surface area contributed by atoms with E-state index in [-0.39, 0.29) is 5.91 Å². The van der Waals surface area contributed by atoms with Crippen molar-refractivity contribution in [1.82, 2.24) is 25.4 Å². The lowest BCUT2D eigenvalue weighted by molar-refractivity contribution is 0.00431. The zero-order valence-corrected chi connectivity index (χ0v) is 15.2. The highest BCUT2D eigenvalue weighted by Gasteiger charge is 2.46. The van der Waals surface area contributed by atoms with E-state index < -0.39 is 0 Å². The molecule has 0 unspecified atom stereocenters. The Morgan fingerprint density at radius 2 is 2.04 bits per heavy atom. The first-order chi connectivity index (χ1) is 12.6. The molecule has 1 N–H and O–H groups in total. The topological polar surface area (TPSA) is 71.0 Å². The van der Waals surface area contributed by atoms with E-state index >= 15 is 0 Å². The molecule has 1 amide bonds. The first-order valence-electron chi connectivity index (χ1n) is 9.34. The Bertz CT molecular complexity index is 763. The van der Waals surface area contributed by atoms with Gasteiger partial charge in [0, 0.05) is 18.8 Å². The van der Waals surface area contributed by atoms with Crippen LogP contribution in [0.2, 0.25) is 0 Å². The third kappa shape index (κ3) is 3.60. The zero-order chi connectivity index (χ0) is 18.0. The number of carbonyl (C=O) groups excluding carboxylic acids is 1. The molecule has 2 fully saturated rings. The fourth-order valence-corrected chi connectivity index (χ4v) is 4.27. The number of carbonyl (C=O) groups is 1. The number of nitrogens with one attached hydrogen (secondary N) is 1. The molecule has 2 aromatic heterocycles. The summed E-state index contributed by atoms with van der Waals surface area (Å²) in [7, 11) is 0. The van der Waals surface area contributed by atoms with E-state index in [2.05, 4.69) is 38.4 Å². The number of rotatable bonds is 4. The van der Waals surface area contributed by atoms with Crippen LogP contribution in [0.4, 0.5) is 0 Å². The predicted octanol–water partition coefficient (Wildman–Crippen LogP) is 2.35. The third-order valence-corrected chi connectivity index (χ3v) is 5.95. The van der Waals surface area contributed by atoms with E-state index in [1.807, 2.05) is 12.3 Å². The Hall–Kier alpha value is -2.34. The number of aromatic nitrogens is 3. The van der Waals surface area contributed by atoms with Crippen molar-refractivity contribution in [1.29, 1.82) is 0 Å². The minimum absolute atomic E-state index is 0.0391. The number of nitrogens with zero attached hydrogens (tertiary/aromatic N) is 4. The number of likely N-dealkylation sites (tertiary alicyclic amines) is 1. The highest BCUT2D eigenvalue weighted by Crippen LogP contribution is 2.49. The van der Waals surface area contributed by atoms with Crippen LogP contribution in [0.1, 0.15) is 47.3 Å². The second kappa shape index (κ2) is 7.11. The van der Waals surface area contributed by atoms with Crippen LogP contribution in [0, 0.1) is 12.3 Å². The lowest BCUT2D eigenvalue weighted by Crippen LogP contribution is -2.54. The molecule has 0 bridgehead atoms. The SMILES string of the molecule is Cc1cccnc1CN1CCC2(CC1)CC(NC(=O)c1ccnnc1)C2. The number of hydrogen-bond donors (Lipinski definition) is 1. The molecule has 1 saturated heterocycles. The fourth-order valence-electron chi connectivity index (χ4n) is 4.27. The number of hydrogen-bond acceptors (Lipinski definition) is 5. The quantitative estimate of drug-likeness (QED) is 0.916. The summed E-state index contributed by atoms with van der Waals surface area (Å²) >= 11 is 0. The fraction of sp³-hybridized carbons (Fsp3) is 0.500. The third-order valence-electron chi connectivity index (χ3n) is 5.95. The average molecular weight is 351 g/mol. The molecule has 0 radical (unpaired) electrons. The van der Waals surface area contributed by atoms with Crippen molar-refractivity contribution in [2.45, 2.75) is 45.2 Å². The van der Waals surface area contributed by atoms with Crippen LogP contribution in [-0.4, -0.2) is 45.1 Å². The molecule has 4 rings (SSSR count). The molecule has 136 valence electrons. The minimum Gasteiger partial charge on any atom is -0.349 e. The van der Waals surface area contributed by atoms with Gasteiger partial charge in [-0.1, -0.05) is 6.07 Å². The summed E-state index contributed by atoms with van der Waals surface area (Å²) in [5, 5.41) is 10.6. The van der Waals surface area contributed by atoms with E-state index in [9.17, 15) is 4.79 Å². The Morgan fingerprint density at radius 3 is 2.73 bits per heavy atom. The van der Waals surface area contributed by atoms with Crippen molar-refractivity contribution >= 4 is 5.91 Å². The first-order valence-corrected chi connectivity index (χ1v) is 9.34. The molecule has 0 aromatic carbocycles. The van der Waals surface area contributed by atoms with Crippen molar-refractivity contribution in [2.75, 3.05) is 13.1 Å². The summed E-state index contributed by atoms with van der Waals surface area (Å²) in [5.41, 5.74) is 3.46. The second-order valence-corrected chi connectivity index (χ2v) is 7.75. The van der Waals surface area contributed by atoms with Crippen LogP contribution >= 0.6 is 0 Å². The van der Waals surface area contributed by atoms with Crippen molar-refractivity contribution < 1.29 is 4.79 Å². The van der Waals surface area contributed by atoms with Gasteiger partial charge in [-0.2, -0.15) is 10.2 Å². The molecule has 2 aromatic rings. The normalized spacial score (nSPS) is 19.9. The molecular formula is C20H25N5O. The van der Waals surface area contributed by atoms with Gasteiger partial charge < -0.3 is 5.32 Å². The van der Waals surface area contributed by atoms with Crippen molar-refractivity contribution in [2.24, 2.45) is 5.41 Å². The molecule has 1 spiro atoms. The van der Waals surface area contributed by atoms with Gasteiger partial charge in [0.25, 0.3) is 5.91 Å². The summed E-state index contributed by atoms with van der Waals surface area (Å²) in [4.78, 5) is 19.2. The van der Waals surface area contributed by atoms with Gasteiger partial charge in [-0.05, 0) is 68.8 Å². The van der Waals surface area contributed by atoms with E-state index in [4.69, 9.17) is 0 Å². The number of aryl methyl sites for hydroxylation is 1. The van der Waals surface area contributed by atoms with E-state index in [1.165, 1.54) is 30.3 Å². The van der Waals surface area contributed by atoms with Crippen LogP contribution in [0.15, 0.2) is 36.8 Å². The van der Waals surface area contributed by atoms with Gasteiger partial charge in [-0.15, -0.1) is 0 Å². The van der Waals surface area contributed by atoms with E-state index in [1.54, 1.807) is 12.3 Å². The number of pyridine rings is 1. The monoisotopic (exact) mass is 351 g/mol. The average Bonchev–Trinajstić information content (AvgIpc) is 2.64. The maximum absolute atomic E-state index is 12.2. The maximum Gasteiger partial charge on any atom is 0.253 e. The Kier molecular flexibility index (Phi) is 4.68. The molecule has 0 atom stereocenters. The maximum atomic E-state index is 12.2. The Balaban J connectivity index is 1.25. The number of piperidine rings is 1. The molecule has 2 aliphatic rings. The van der Waals surface area contributed by atoms with Crippen molar-refractivity contribution in [3.05, 3.63) is 53.6 Å². The molecule has 26 heavy (non-hydrogen) atoms. The summed E-state index contributed by atoms with van der Waals surface area (Å²) in [5.74, 6) is -0.0391. The summed E-state index contributed by atoms with van der Waals surface area (Å²) in [6.45, 7) is 5.30. The van der Waals surface area contributed by atoms with Gasteiger partial charge in [-0.3, -0.25) is 14.7 Å². The lowest BCUT2D eigenvalue weighted by Gasteiger charge is -2.52. The molecule has 3 heterocycles. The molecule has 6 nitrogen and oxygen atoms in total. The van der Waals surface area contributed by atoms with Gasteiger partial charge >= 0.3 is 0 Å². The molecule has 1 saturated carbocycles. The van der Waals surface area contributed by atoms with Crippen LogP contribution < -0.4 is 5.32 Å². The Labute approximate surface area is 154 Å². The van der Waals surface area contributed by atoms with Crippen molar-refractivity contribution in [3.8, 4) is 0 Å². The molecule has 1 aliphatic carbocycles. The van der Waals surface area contributed by atoms with E-state index in [0.29, 0.717) is 17.0 Å². The van der Waals surface area contributed by atoms with Crippen LogP contribution in [-0.2, 0) is 6.54 Å².